The largest absolute Gasteiger partial charge is 0.468 e. The lowest BCUT2D eigenvalue weighted by Gasteiger charge is -2.31. The van der Waals surface area contributed by atoms with E-state index in [1.165, 1.54) is 26.4 Å². The van der Waals surface area contributed by atoms with Crippen molar-refractivity contribution in [3.8, 4) is 0 Å². The van der Waals surface area contributed by atoms with E-state index in [-0.39, 0.29) is 5.97 Å². The van der Waals surface area contributed by atoms with Crippen LogP contribution in [0.25, 0.3) is 0 Å². The van der Waals surface area contributed by atoms with Crippen molar-refractivity contribution in [3.05, 3.63) is 0 Å². The Hall–Kier alpha value is -0.570. The number of hydrogen-bond donors (Lipinski definition) is 0. The van der Waals surface area contributed by atoms with Gasteiger partial charge in [0.15, 0.2) is 0 Å². The molecular formula is C13H25NO2. The van der Waals surface area contributed by atoms with Crippen molar-refractivity contribution in [1.82, 2.24) is 4.90 Å². The fraction of sp³-hybridized carbons (Fsp3) is 0.923. The number of likely N-dealkylation sites (tertiary alicyclic amines) is 1. The molecule has 94 valence electrons. The van der Waals surface area contributed by atoms with Gasteiger partial charge in [0.1, 0.15) is 0 Å². The zero-order valence-corrected chi connectivity index (χ0v) is 11.0. The standard InChI is InChI=1S/C13H25NO2/c1-10(2)12-6-5-11(3)7-8-14(12)9-13(15)16-4/h10-12H,5-9H2,1-4H3. The van der Waals surface area contributed by atoms with Crippen molar-refractivity contribution >= 4 is 5.97 Å². The normalized spacial score (nSPS) is 27.8. The van der Waals surface area contributed by atoms with Gasteiger partial charge in [0.25, 0.3) is 0 Å². The lowest BCUT2D eigenvalue weighted by Crippen LogP contribution is -2.42. The molecule has 1 aliphatic rings. The summed E-state index contributed by atoms with van der Waals surface area (Å²) in [4.78, 5) is 13.7. The number of rotatable bonds is 3. The summed E-state index contributed by atoms with van der Waals surface area (Å²) in [6.45, 7) is 8.26. The fourth-order valence-corrected chi connectivity index (χ4v) is 2.52. The third-order valence-electron chi connectivity index (χ3n) is 3.66. The molecule has 16 heavy (non-hydrogen) atoms. The van der Waals surface area contributed by atoms with E-state index in [4.69, 9.17) is 4.74 Å². The van der Waals surface area contributed by atoms with Crippen LogP contribution in [0, 0.1) is 11.8 Å². The monoisotopic (exact) mass is 227 g/mol. The third kappa shape index (κ3) is 3.78. The van der Waals surface area contributed by atoms with Crippen LogP contribution in [-0.4, -0.2) is 37.1 Å². The topological polar surface area (TPSA) is 29.5 Å². The predicted molar refractivity (Wildman–Crippen MR) is 65.2 cm³/mol. The Bertz CT molecular complexity index is 228. The zero-order chi connectivity index (χ0) is 12.1. The first-order valence-electron chi connectivity index (χ1n) is 6.35. The summed E-state index contributed by atoms with van der Waals surface area (Å²) in [7, 11) is 1.47. The molecular weight excluding hydrogens is 202 g/mol. The van der Waals surface area contributed by atoms with Gasteiger partial charge in [-0.3, -0.25) is 9.69 Å². The molecule has 0 amide bonds. The Balaban J connectivity index is 2.63. The van der Waals surface area contributed by atoms with E-state index >= 15 is 0 Å². The molecule has 0 radical (unpaired) electrons. The van der Waals surface area contributed by atoms with E-state index in [0.717, 1.165) is 12.5 Å². The van der Waals surface area contributed by atoms with Crippen LogP contribution >= 0.6 is 0 Å². The molecule has 0 aliphatic carbocycles. The van der Waals surface area contributed by atoms with Crippen molar-refractivity contribution in [2.45, 2.75) is 46.1 Å². The predicted octanol–water partition coefficient (Wildman–Crippen LogP) is 2.31. The molecule has 3 heteroatoms. The summed E-state index contributed by atoms with van der Waals surface area (Å²) >= 11 is 0. The van der Waals surface area contributed by atoms with Gasteiger partial charge >= 0.3 is 5.97 Å². The minimum atomic E-state index is -0.111. The molecule has 0 aromatic carbocycles. The molecule has 1 aliphatic heterocycles. The second-order valence-corrected chi connectivity index (χ2v) is 5.33. The van der Waals surface area contributed by atoms with E-state index in [1.54, 1.807) is 0 Å². The van der Waals surface area contributed by atoms with E-state index in [2.05, 4.69) is 25.7 Å². The van der Waals surface area contributed by atoms with Crippen molar-refractivity contribution in [2.75, 3.05) is 20.2 Å². The lowest BCUT2D eigenvalue weighted by atomic mass is 9.95. The van der Waals surface area contributed by atoms with Crippen LogP contribution in [0.3, 0.4) is 0 Å². The Labute approximate surface area is 99.1 Å². The minimum absolute atomic E-state index is 0.111. The molecule has 0 saturated carbocycles. The maximum absolute atomic E-state index is 11.4. The number of esters is 1. The van der Waals surface area contributed by atoms with E-state index in [1.807, 2.05) is 0 Å². The SMILES string of the molecule is COC(=O)CN1CCC(C)CCC1C(C)C. The number of carbonyl (C=O) groups excluding carboxylic acids is 1. The van der Waals surface area contributed by atoms with Gasteiger partial charge in [0.05, 0.1) is 13.7 Å². The highest BCUT2D eigenvalue weighted by atomic mass is 16.5. The summed E-state index contributed by atoms with van der Waals surface area (Å²) in [5, 5.41) is 0. The molecule has 0 aromatic heterocycles. The number of nitrogens with zero attached hydrogens (tertiary/aromatic N) is 1. The number of methoxy groups -OCH3 is 1. The first-order chi connectivity index (χ1) is 7.54. The first kappa shape index (κ1) is 13.5. The van der Waals surface area contributed by atoms with Crippen LogP contribution in [0.5, 0.6) is 0 Å². The van der Waals surface area contributed by atoms with Crippen molar-refractivity contribution < 1.29 is 9.53 Å². The zero-order valence-electron chi connectivity index (χ0n) is 11.0. The van der Waals surface area contributed by atoms with Crippen LogP contribution in [-0.2, 0) is 9.53 Å². The lowest BCUT2D eigenvalue weighted by molar-refractivity contribution is -0.142. The van der Waals surface area contributed by atoms with Gasteiger partial charge in [0.2, 0.25) is 0 Å². The van der Waals surface area contributed by atoms with Gasteiger partial charge in [-0.05, 0) is 37.6 Å². The first-order valence-corrected chi connectivity index (χ1v) is 6.35. The third-order valence-corrected chi connectivity index (χ3v) is 3.66. The van der Waals surface area contributed by atoms with E-state index in [0.29, 0.717) is 18.5 Å². The molecule has 1 fully saturated rings. The van der Waals surface area contributed by atoms with Crippen LogP contribution in [0.15, 0.2) is 0 Å². The van der Waals surface area contributed by atoms with Gasteiger partial charge in [-0.15, -0.1) is 0 Å². The number of ether oxygens (including phenoxy) is 1. The van der Waals surface area contributed by atoms with Gasteiger partial charge in [-0.25, -0.2) is 0 Å². The Kier molecular flexibility index (Phi) is 5.26. The molecule has 1 rings (SSSR count). The minimum Gasteiger partial charge on any atom is -0.468 e. The highest BCUT2D eigenvalue weighted by Crippen LogP contribution is 2.25. The summed E-state index contributed by atoms with van der Waals surface area (Å²) in [5.74, 6) is 1.28. The maximum atomic E-state index is 11.4. The molecule has 3 nitrogen and oxygen atoms in total. The highest BCUT2D eigenvalue weighted by Gasteiger charge is 2.27. The Morgan fingerprint density at radius 3 is 2.62 bits per heavy atom. The van der Waals surface area contributed by atoms with Gasteiger partial charge in [-0.2, -0.15) is 0 Å². The van der Waals surface area contributed by atoms with Crippen molar-refractivity contribution in [3.63, 3.8) is 0 Å². The van der Waals surface area contributed by atoms with Crippen molar-refractivity contribution in [1.29, 1.82) is 0 Å². The van der Waals surface area contributed by atoms with E-state index in [9.17, 15) is 4.79 Å². The summed E-state index contributed by atoms with van der Waals surface area (Å²) in [5.41, 5.74) is 0. The molecule has 0 aromatic rings. The molecule has 0 N–H and O–H groups in total. The number of carbonyl (C=O) groups is 1. The van der Waals surface area contributed by atoms with E-state index < -0.39 is 0 Å². The second-order valence-electron chi connectivity index (χ2n) is 5.33. The maximum Gasteiger partial charge on any atom is 0.319 e. The van der Waals surface area contributed by atoms with Crippen molar-refractivity contribution in [2.24, 2.45) is 11.8 Å². The summed E-state index contributed by atoms with van der Waals surface area (Å²) in [6.07, 6.45) is 3.68. The Morgan fingerprint density at radius 2 is 2.06 bits per heavy atom. The van der Waals surface area contributed by atoms with Gasteiger partial charge < -0.3 is 4.74 Å². The van der Waals surface area contributed by atoms with Gasteiger partial charge in [0, 0.05) is 6.04 Å². The molecule has 1 heterocycles. The average molecular weight is 227 g/mol. The molecule has 2 atom stereocenters. The molecule has 1 saturated heterocycles. The van der Waals surface area contributed by atoms with Crippen LogP contribution in [0.4, 0.5) is 0 Å². The van der Waals surface area contributed by atoms with Crippen LogP contribution < -0.4 is 0 Å². The molecule has 2 unspecified atom stereocenters. The summed E-state index contributed by atoms with van der Waals surface area (Å²) < 4.78 is 4.77. The summed E-state index contributed by atoms with van der Waals surface area (Å²) in [6, 6.07) is 0.532. The molecule has 0 bridgehead atoms. The quantitative estimate of drug-likeness (QED) is 0.693. The van der Waals surface area contributed by atoms with Gasteiger partial charge in [-0.1, -0.05) is 20.8 Å². The van der Waals surface area contributed by atoms with Crippen LogP contribution in [0.1, 0.15) is 40.0 Å². The fourth-order valence-electron chi connectivity index (χ4n) is 2.52. The number of hydrogen-bond acceptors (Lipinski definition) is 3. The van der Waals surface area contributed by atoms with Crippen LogP contribution in [0.2, 0.25) is 0 Å². The molecule has 0 spiro atoms. The Morgan fingerprint density at radius 1 is 1.38 bits per heavy atom. The highest BCUT2D eigenvalue weighted by molar-refractivity contribution is 5.71. The average Bonchev–Trinajstić information content (AvgIpc) is 2.41. The smallest absolute Gasteiger partial charge is 0.319 e. The second kappa shape index (κ2) is 6.24.